The van der Waals surface area contributed by atoms with Gasteiger partial charge in [0.1, 0.15) is 24.5 Å². The Morgan fingerprint density at radius 3 is 2.50 bits per heavy atom. The Hall–Kier alpha value is -2.04. The van der Waals surface area contributed by atoms with Gasteiger partial charge in [-0.15, -0.1) is 0 Å². The molecular weight excluding hydrogens is 329 g/mol. The van der Waals surface area contributed by atoms with Gasteiger partial charge in [0.15, 0.2) is 12.0 Å². The molecule has 2 aromatic carbocycles. The second-order valence-electron chi connectivity index (χ2n) is 6.49. The van der Waals surface area contributed by atoms with Gasteiger partial charge < -0.3 is 0 Å². The molecular formula is C19H16ClFNO2+. The molecule has 4 rings (SSSR count). The summed E-state index contributed by atoms with van der Waals surface area (Å²) in [6.07, 6.45) is 2.65. The summed E-state index contributed by atoms with van der Waals surface area (Å²) in [4.78, 5) is 24.7. The van der Waals surface area contributed by atoms with Crippen LogP contribution in [0.2, 0.25) is 5.02 Å². The average molecular weight is 345 g/mol. The van der Waals surface area contributed by atoms with E-state index in [-0.39, 0.29) is 21.9 Å². The molecule has 0 bridgehead atoms. The molecule has 3 nitrogen and oxygen atoms in total. The molecule has 1 aliphatic carbocycles. The zero-order chi connectivity index (χ0) is 16.9. The molecule has 2 aliphatic rings. The number of carbonyl (C=O) groups excluding carboxylic acids is 2. The maximum atomic E-state index is 14.5. The van der Waals surface area contributed by atoms with Crippen molar-refractivity contribution in [3.8, 4) is 0 Å². The molecule has 2 aromatic rings. The van der Waals surface area contributed by atoms with E-state index >= 15 is 0 Å². The van der Waals surface area contributed by atoms with Crippen molar-refractivity contribution in [1.29, 1.82) is 0 Å². The molecule has 0 atom stereocenters. The van der Waals surface area contributed by atoms with Gasteiger partial charge >= 0.3 is 5.91 Å². The van der Waals surface area contributed by atoms with Gasteiger partial charge in [-0.05, 0) is 36.5 Å². The second-order valence-corrected chi connectivity index (χ2v) is 6.90. The fraction of sp³-hybridized carbons (Fsp3) is 0.263. The first-order valence-corrected chi connectivity index (χ1v) is 8.41. The lowest BCUT2D eigenvalue weighted by molar-refractivity contribution is 0.0882. The van der Waals surface area contributed by atoms with E-state index in [1.807, 2.05) is 6.07 Å². The monoisotopic (exact) mass is 344 g/mol. The van der Waals surface area contributed by atoms with E-state index in [1.165, 1.54) is 6.07 Å². The normalized spacial score (nSPS) is 18.2. The Kier molecular flexibility index (Phi) is 3.55. The van der Waals surface area contributed by atoms with Gasteiger partial charge in [0.25, 0.3) is 0 Å². The van der Waals surface area contributed by atoms with Gasteiger partial charge in [-0.2, -0.15) is 0 Å². The number of amides is 1. The van der Waals surface area contributed by atoms with E-state index in [2.05, 4.69) is 0 Å². The summed E-state index contributed by atoms with van der Waals surface area (Å²) < 4.78 is 14.5. The first-order valence-electron chi connectivity index (χ1n) is 8.03. The van der Waals surface area contributed by atoms with Crippen LogP contribution in [0.5, 0.6) is 0 Å². The lowest BCUT2D eigenvalue weighted by atomic mass is 10.0. The molecule has 0 N–H and O–H groups in total. The number of quaternary nitrogens is 1. The van der Waals surface area contributed by atoms with E-state index < -0.39 is 5.82 Å². The van der Waals surface area contributed by atoms with Crippen LogP contribution in [-0.4, -0.2) is 25.3 Å². The van der Waals surface area contributed by atoms with Crippen molar-refractivity contribution in [1.82, 2.24) is 4.48 Å². The van der Waals surface area contributed by atoms with Gasteiger partial charge in [0.2, 0.25) is 0 Å². The van der Waals surface area contributed by atoms with Crippen LogP contribution in [0.15, 0.2) is 36.4 Å². The summed E-state index contributed by atoms with van der Waals surface area (Å²) in [6.45, 7) is 1.11. The third-order valence-corrected chi connectivity index (χ3v) is 5.27. The fourth-order valence-electron chi connectivity index (χ4n) is 3.38. The van der Waals surface area contributed by atoms with Crippen molar-refractivity contribution in [2.45, 2.75) is 18.8 Å². The smallest absolute Gasteiger partial charge is 0.298 e. The van der Waals surface area contributed by atoms with Gasteiger partial charge in [0.05, 0.1) is 10.6 Å². The van der Waals surface area contributed by atoms with E-state index in [0.717, 1.165) is 18.4 Å². The quantitative estimate of drug-likeness (QED) is 0.470. The van der Waals surface area contributed by atoms with Crippen LogP contribution in [0.1, 0.15) is 45.0 Å². The van der Waals surface area contributed by atoms with Crippen molar-refractivity contribution in [2.24, 2.45) is 0 Å². The molecule has 0 spiro atoms. The van der Waals surface area contributed by atoms with Crippen molar-refractivity contribution in [3.63, 3.8) is 0 Å². The maximum Gasteiger partial charge on any atom is 0.354 e. The number of benzene rings is 2. The topological polar surface area (TPSA) is 34.1 Å². The number of rotatable bonds is 4. The number of aldehydes is 1. The third-order valence-electron chi connectivity index (χ3n) is 4.95. The molecule has 0 radical (unpaired) electrons. The lowest BCUT2D eigenvalue weighted by Crippen LogP contribution is -2.36. The number of hydrogen-bond acceptors (Lipinski definition) is 2. The summed E-state index contributed by atoms with van der Waals surface area (Å²) in [5, 5.41) is 0.315. The SMILES string of the molecule is O=Cc1c(Cl)cccc1[N+]1(C(=O)c2c(F)cccc2C2CC2)CC1. The van der Waals surface area contributed by atoms with Crippen LogP contribution in [0.25, 0.3) is 0 Å². The van der Waals surface area contributed by atoms with E-state index in [0.29, 0.717) is 35.6 Å². The largest absolute Gasteiger partial charge is 0.354 e. The maximum absolute atomic E-state index is 14.5. The molecule has 1 aliphatic heterocycles. The summed E-state index contributed by atoms with van der Waals surface area (Å²) in [5.41, 5.74) is 1.84. The van der Waals surface area contributed by atoms with Gasteiger partial charge in [-0.1, -0.05) is 29.8 Å². The molecule has 1 saturated heterocycles. The molecule has 5 heteroatoms. The number of halogens is 2. The molecule has 0 aromatic heterocycles. The van der Waals surface area contributed by atoms with E-state index in [1.54, 1.807) is 24.3 Å². The third kappa shape index (κ3) is 2.29. The van der Waals surface area contributed by atoms with Crippen molar-refractivity contribution < 1.29 is 14.0 Å². The van der Waals surface area contributed by atoms with Crippen LogP contribution in [0.3, 0.4) is 0 Å². The number of nitrogens with zero attached hydrogens (tertiary/aromatic N) is 1. The predicted octanol–water partition coefficient (Wildman–Crippen LogP) is 4.33. The molecule has 1 saturated carbocycles. The van der Waals surface area contributed by atoms with E-state index in [9.17, 15) is 14.0 Å². The van der Waals surface area contributed by atoms with Gasteiger partial charge in [0, 0.05) is 6.07 Å². The Morgan fingerprint density at radius 2 is 1.88 bits per heavy atom. The van der Waals surface area contributed by atoms with Crippen molar-refractivity contribution in [3.05, 3.63) is 63.9 Å². The fourth-order valence-corrected chi connectivity index (χ4v) is 3.60. The van der Waals surface area contributed by atoms with Crippen LogP contribution < -0.4 is 4.48 Å². The number of hydrogen-bond donors (Lipinski definition) is 0. The van der Waals surface area contributed by atoms with Crippen molar-refractivity contribution >= 4 is 29.5 Å². The average Bonchev–Trinajstić information content (AvgIpc) is 3.48. The highest BCUT2D eigenvalue weighted by atomic mass is 35.5. The first-order chi connectivity index (χ1) is 11.6. The molecule has 0 unspecified atom stereocenters. The van der Waals surface area contributed by atoms with E-state index in [4.69, 9.17) is 11.6 Å². The Bertz CT molecular complexity index is 856. The minimum atomic E-state index is -0.483. The van der Waals surface area contributed by atoms with Crippen LogP contribution in [0, 0.1) is 5.82 Å². The molecule has 1 heterocycles. The second kappa shape index (κ2) is 5.50. The van der Waals surface area contributed by atoms with Crippen LogP contribution in [0.4, 0.5) is 10.1 Å². The minimum absolute atomic E-state index is 0.0325. The zero-order valence-electron chi connectivity index (χ0n) is 13.0. The molecule has 24 heavy (non-hydrogen) atoms. The number of carbonyl (C=O) groups is 2. The lowest BCUT2D eigenvalue weighted by Gasteiger charge is -2.19. The highest BCUT2D eigenvalue weighted by Crippen LogP contribution is 2.45. The Balaban J connectivity index is 1.84. The van der Waals surface area contributed by atoms with Crippen LogP contribution >= 0.6 is 11.6 Å². The summed E-state index contributed by atoms with van der Waals surface area (Å²) in [6, 6.07) is 9.91. The van der Waals surface area contributed by atoms with Gasteiger partial charge in [-0.3, -0.25) is 4.79 Å². The summed E-state index contributed by atoms with van der Waals surface area (Å²) in [7, 11) is 0. The Morgan fingerprint density at radius 1 is 1.17 bits per heavy atom. The Labute approximate surface area is 144 Å². The van der Waals surface area contributed by atoms with Gasteiger partial charge in [-0.25, -0.2) is 13.7 Å². The van der Waals surface area contributed by atoms with Crippen LogP contribution in [-0.2, 0) is 0 Å². The molecule has 2 fully saturated rings. The highest BCUT2D eigenvalue weighted by Gasteiger charge is 2.55. The predicted molar refractivity (Wildman–Crippen MR) is 91.1 cm³/mol. The van der Waals surface area contributed by atoms with Crippen molar-refractivity contribution in [2.75, 3.05) is 13.1 Å². The summed E-state index contributed by atoms with van der Waals surface area (Å²) >= 11 is 6.11. The first kappa shape index (κ1) is 15.5. The summed E-state index contributed by atoms with van der Waals surface area (Å²) in [5.74, 6) is -0.492. The highest BCUT2D eigenvalue weighted by molar-refractivity contribution is 6.33. The molecule has 122 valence electrons. The molecule has 1 amide bonds. The zero-order valence-corrected chi connectivity index (χ0v) is 13.7. The standard InChI is InChI=1S/C19H16ClFNO2/c20-15-4-2-6-17(14(15)11-23)22(9-10-22)19(24)18-13(12-7-8-12)3-1-5-16(18)21/h1-6,11-12H,7-10H2/q+1. The minimum Gasteiger partial charge on any atom is -0.298 e.